The highest BCUT2D eigenvalue weighted by Crippen LogP contribution is 2.24. The van der Waals surface area contributed by atoms with E-state index in [0.29, 0.717) is 11.1 Å². The fourth-order valence-corrected chi connectivity index (χ4v) is 2.35. The molecule has 3 rings (SSSR count). The Labute approximate surface area is 156 Å². The van der Waals surface area contributed by atoms with Gasteiger partial charge in [0.1, 0.15) is 5.56 Å². The summed E-state index contributed by atoms with van der Waals surface area (Å²) in [6.45, 7) is 0. The van der Waals surface area contributed by atoms with Gasteiger partial charge in [-0.3, -0.25) is 4.79 Å². The third-order valence-electron chi connectivity index (χ3n) is 3.73. The van der Waals surface area contributed by atoms with Crippen LogP contribution in [0, 0.1) is 40.9 Å². The van der Waals surface area contributed by atoms with Gasteiger partial charge in [-0.2, -0.15) is 0 Å². The number of para-hydroxylation sites is 1. The van der Waals surface area contributed by atoms with Crippen LogP contribution in [-0.4, -0.2) is 5.91 Å². The normalized spacial score (nSPS) is 10.2. The lowest BCUT2D eigenvalue weighted by atomic mass is 10.1. The summed E-state index contributed by atoms with van der Waals surface area (Å²) in [5.74, 6) is -6.99. The summed E-state index contributed by atoms with van der Waals surface area (Å²) in [6.07, 6.45) is 0. The molecule has 1 amide bonds. The molecule has 0 aliphatic carbocycles. The highest BCUT2D eigenvalue weighted by atomic mass is 19.2. The summed E-state index contributed by atoms with van der Waals surface area (Å²) in [6, 6.07) is 14.9. The largest absolute Gasteiger partial charge is 0.321 e. The van der Waals surface area contributed by atoms with E-state index < -0.39 is 40.6 Å². The Morgan fingerprint density at radius 3 is 1.86 bits per heavy atom. The van der Waals surface area contributed by atoms with E-state index in [2.05, 4.69) is 17.2 Å². The van der Waals surface area contributed by atoms with Crippen LogP contribution in [0.3, 0.4) is 0 Å². The highest BCUT2D eigenvalue weighted by Gasteiger charge is 2.29. The third-order valence-corrected chi connectivity index (χ3v) is 3.73. The molecule has 0 spiro atoms. The lowest BCUT2D eigenvalue weighted by Gasteiger charge is -2.10. The first-order chi connectivity index (χ1) is 13.4. The smallest absolute Gasteiger partial charge is 0.261 e. The van der Waals surface area contributed by atoms with E-state index in [1.165, 1.54) is 18.2 Å². The Balaban J connectivity index is 1.96. The van der Waals surface area contributed by atoms with Crippen molar-refractivity contribution in [3.8, 4) is 11.8 Å². The van der Waals surface area contributed by atoms with Gasteiger partial charge < -0.3 is 5.32 Å². The number of carbonyl (C=O) groups excluding carboxylic acids is 1. The van der Waals surface area contributed by atoms with Crippen molar-refractivity contribution in [1.29, 1.82) is 0 Å². The van der Waals surface area contributed by atoms with Crippen LogP contribution < -0.4 is 5.32 Å². The summed E-state index contributed by atoms with van der Waals surface area (Å²) < 4.78 is 67.4. The maximum absolute atomic E-state index is 13.8. The number of benzene rings is 3. The molecule has 1 N–H and O–H groups in total. The second-order valence-electron chi connectivity index (χ2n) is 5.56. The van der Waals surface area contributed by atoms with Gasteiger partial charge in [-0.1, -0.05) is 42.2 Å². The molecule has 7 heteroatoms. The molecule has 0 radical (unpaired) electrons. The van der Waals surface area contributed by atoms with Crippen molar-refractivity contribution in [2.45, 2.75) is 0 Å². The van der Waals surface area contributed by atoms with Gasteiger partial charge in [-0.25, -0.2) is 22.0 Å². The zero-order chi connectivity index (χ0) is 20.3. The number of halogens is 5. The number of hydrogen-bond donors (Lipinski definition) is 1. The van der Waals surface area contributed by atoms with Gasteiger partial charge in [0.15, 0.2) is 23.3 Å². The first-order valence-corrected chi connectivity index (χ1v) is 7.89. The van der Waals surface area contributed by atoms with Crippen LogP contribution in [0.15, 0.2) is 54.6 Å². The topological polar surface area (TPSA) is 29.1 Å². The standard InChI is InChI=1S/C21H10F5NO/c22-16-15(17(23)19(25)20(26)18(16)24)21(28)27-14-9-5-4-8-13(14)11-10-12-6-2-1-3-7-12/h1-9H,(H,27,28). The minimum Gasteiger partial charge on any atom is -0.321 e. The van der Waals surface area contributed by atoms with Gasteiger partial charge in [0.25, 0.3) is 5.91 Å². The molecule has 0 atom stereocenters. The first-order valence-electron chi connectivity index (χ1n) is 7.89. The predicted molar refractivity (Wildman–Crippen MR) is 93.0 cm³/mol. The SMILES string of the molecule is O=C(Nc1ccccc1C#Cc1ccccc1)c1c(F)c(F)c(F)c(F)c1F. The van der Waals surface area contributed by atoms with Crippen molar-refractivity contribution in [3.05, 3.63) is 100 Å². The van der Waals surface area contributed by atoms with Crippen molar-refractivity contribution in [2.75, 3.05) is 5.32 Å². The van der Waals surface area contributed by atoms with Gasteiger partial charge in [0.05, 0.1) is 5.69 Å². The van der Waals surface area contributed by atoms with E-state index in [1.54, 1.807) is 30.3 Å². The fourth-order valence-electron chi connectivity index (χ4n) is 2.35. The molecule has 3 aromatic rings. The first kappa shape index (κ1) is 19.1. The van der Waals surface area contributed by atoms with Crippen molar-refractivity contribution < 1.29 is 26.7 Å². The molecule has 0 saturated carbocycles. The maximum atomic E-state index is 13.8. The minimum atomic E-state index is -2.33. The predicted octanol–water partition coefficient (Wildman–Crippen LogP) is 5.03. The molecule has 0 unspecified atom stereocenters. The van der Waals surface area contributed by atoms with E-state index >= 15 is 0 Å². The van der Waals surface area contributed by atoms with E-state index in [4.69, 9.17) is 0 Å². The summed E-state index contributed by atoms with van der Waals surface area (Å²) >= 11 is 0. The van der Waals surface area contributed by atoms with E-state index in [0.717, 1.165) is 0 Å². The van der Waals surface area contributed by atoms with Crippen LogP contribution in [0.25, 0.3) is 0 Å². The summed E-state index contributed by atoms with van der Waals surface area (Å²) in [4.78, 5) is 12.2. The molecule has 0 saturated heterocycles. The zero-order valence-corrected chi connectivity index (χ0v) is 14.0. The molecule has 0 aliphatic heterocycles. The number of carbonyl (C=O) groups is 1. The quantitative estimate of drug-likeness (QED) is 0.284. The number of anilines is 1. The Kier molecular flexibility index (Phi) is 5.41. The van der Waals surface area contributed by atoms with Gasteiger partial charge in [-0.05, 0) is 24.3 Å². The van der Waals surface area contributed by atoms with Crippen LogP contribution >= 0.6 is 0 Å². The highest BCUT2D eigenvalue weighted by molar-refractivity contribution is 6.05. The third kappa shape index (κ3) is 3.71. The molecular weight excluding hydrogens is 377 g/mol. The second-order valence-corrected chi connectivity index (χ2v) is 5.56. The Bertz CT molecular complexity index is 1090. The average molecular weight is 387 g/mol. The monoisotopic (exact) mass is 387 g/mol. The van der Waals surface area contributed by atoms with Crippen LogP contribution in [0.2, 0.25) is 0 Å². The fraction of sp³-hybridized carbons (Fsp3) is 0. The minimum absolute atomic E-state index is 0.0554. The summed E-state index contributed by atoms with van der Waals surface area (Å²) in [5, 5.41) is 2.14. The van der Waals surface area contributed by atoms with Crippen molar-refractivity contribution >= 4 is 11.6 Å². The molecule has 0 bridgehead atoms. The summed E-state index contributed by atoms with van der Waals surface area (Å²) in [5.41, 5.74) is -0.533. The summed E-state index contributed by atoms with van der Waals surface area (Å²) in [7, 11) is 0. The molecular formula is C21H10F5NO. The second kappa shape index (κ2) is 7.92. The number of hydrogen-bond acceptors (Lipinski definition) is 1. The number of rotatable bonds is 2. The molecule has 3 aromatic carbocycles. The molecule has 2 nitrogen and oxygen atoms in total. The maximum Gasteiger partial charge on any atom is 0.261 e. The van der Waals surface area contributed by atoms with Gasteiger partial charge in [0, 0.05) is 11.1 Å². The molecule has 0 aromatic heterocycles. The van der Waals surface area contributed by atoms with E-state index in [9.17, 15) is 26.7 Å². The van der Waals surface area contributed by atoms with Crippen LogP contribution in [-0.2, 0) is 0 Å². The van der Waals surface area contributed by atoms with E-state index in [1.807, 2.05) is 6.07 Å². The van der Waals surface area contributed by atoms with E-state index in [-0.39, 0.29) is 5.69 Å². The van der Waals surface area contributed by atoms with Crippen LogP contribution in [0.1, 0.15) is 21.5 Å². The van der Waals surface area contributed by atoms with Gasteiger partial charge in [-0.15, -0.1) is 0 Å². The Hall–Kier alpha value is -3.66. The van der Waals surface area contributed by atoms with Crippen LogP contribution in [0.4, 0.5) is 27.6 Å². The Morgan fingerprint density at radius 1 is 0.679 bits per heavy atom. The molecule has 140 valence electrons. The van der Waals surface area contributed by atoms with Crippen molar-refractivity contribution in [1.82, 2.24) is 0 Å². The molecule has 0 fully saturated rings. The lowest BCUT2D eigenvalue weighted by Crippen LogP contribution is -2.19. The number of nitrogens with one attached hydrogen (secondary N) is 1. The Morgan fingerprint density at radius 2 is 1.21 bits per heavy atom. The molecule has 0 heterocycles. The van der Waals surface area contributed by atoms with Crippen molar-refractivity contribution in [2.24, 2.45) is 0 Å². The van der Waals surface area contributed by atoms with Gasteiger partial charge in [0.2, 0.25) is 5.82 Å². The number of amides is 1. The lowest BCUT2D eigenvalue weighted by molar-refractivity contribution is 0.101. The average Bonchev–Trinajstić information content (AvgIpc) is 2.71. The van der Waals surface area contributed by atoms with Crippen LogP contribution in [0.5, 0.6) is 0 Å². The molecule has 0 aliphatic rings. The zero-order valence-electron chi connectivity index (χ0n) is 14.0. The van der Waals surface area contributed by atoms with Gasteiger partial charge >= 0.3 is 0 Å². The molecule has 28 heavy (non-hydrogen) atoms. The van der Waals surface area contributed by atoms with Crippen molar-refractivity contribution in [3.63, 3.8) is 0 Å².